The molecule has 1 aliphatic heterocycles. The third kappa shape index (κ3) is 4.94. The minimum atomic E-state index is -0.970. The van der Waals surface area contributed by atoms with E-state index in [1.165, 1.54) is 0 Å². The summed E-state index contributed by atoms with van der Waals surface area (Å²) in [5, 5.41) is 18.2. The Bertz CT molecular complexity index is 1320. The molecule has 0 unspecified atom stereocenters. The Kier molecular flexibility index (Phi) is 6.22. The van der Waals surface area contributed by atoms with Gasteiger partial charge in [0, 0.05) is 0 Å². The number of nitrogens with two attached hydrogens (primary N) is 1. The molecule has 0 saturated carbocycles. The molecule has 164 valence electrons. The van der Waals surface area contributed by atoms with Crippen LogP contribution in [0.4, 0.5) is 34.1 Å². The summed E-state index contributed by atoms with van der Waals surface area (Å²) in [4.78, 5) is 22.9. The highest BCUT2D eigenvalue weighted by molar-refractivity contribution is 6.12. The van der Waals surface area contributed by atoms with Gasteiger partial charge in [-0.05, 0) is 48.5 Å². The molecular formula is C26H22N4O3. The number of amides is 1. The maximum atomic E-state index is 11.9. The predicted octanol–water partition coefficient (Wildman–Crippen LogP) is 5.71. The van der Waals surface area contributed by atoms with E-state index >= 15 is 0 Å². The molecule has 0 radical (unpaired) electrons. The van der Waals surface area contributed by atoms with Gasteiger partial charge in [0.2, 0.25) is 0 Å². The van der Waals surface area contributed by atoms with Crippen molar-refractivity contribution in [1.29, 1.82) is 0 Å². The van der Waals surface area contributed by atoms with E-state index in [1.54, 1.807) is 36.4 Å². The minimum absolute atomic E-state index is 0.0759. The number of nitrogen functional groups attached to an aromatic ring is 1. The van der Waals surface area contributed by atoms with Crippen LogP contribution in [0.2, 0.25) is 0 Å². The lowest BCUT2D eigenvalue weighted by molar-refractivity contribution is 0.0697. The van der Waals surface area contributed by atoms with Crippen molar-refractivity contribution in [2.24, 2.45) is 0 Å². The lowest BCUT2D eigenvalue weighted by Crippen LogP contribution is -2.10. The Morgan fingerprint density at radius 1 is 0.697 bits per heavy atom. The van der Waals surface area contributed by atoms with Crippen molar-refractivity contribution in [3.8, 4) is 0 Å². The van der Waals surface area contributed by atoms with Gasteiger partial charge in [-0.2, -0.15) is 0 Å². The van der Waals surface area contributed by atoms with E-state index < -0.39 is 5.97 Å². The number of benzene rings is 4. The van der Waals surface area contributed by atoms with Crippen LogP contribution in [0.1, 0.15) is 20.7 Å². The first kappa shape index (κ1) is 21.5. The number of hydrogen-bond donors (Lipinski definition) is 5. The first-order valence-corrected chi connectivity index (χ1v) is 10.2. The second-order valence-electron chi connectivity index (χ2n) is 7.23. The molecule has 0 aromatic heterocycles. The molecule has 0 saturated heterocycles. The van der Waals surface area contributed by atoms with Gasteiger partial charge < -0.3 is 26.8 Å². The van der Waals surface area contributed by atoms with E-state index in [2.05, 4.69) is 16.0 Å². The van der Waals surface area contributed by atoms with Gasteiger partial charge >= 0.3 is 5.97 Å². The van der Waals surface area contributed by atoms with Gasteiger partial charge in [0.1, 0.15) is 0 Å². The highest BCUT2D eigenvalue weighted by atomic mass is 16.4. The number of rotatable bonds is 3. The standard InChI is InChI=1S/C13H12N2O2.C13H10N2O/c14-10-6-2-4-8-12(10)15-11-7-3-1-5-9(11)13(16)17;16-13-9-5-1-2-6-10(9)14-11-7-3-4-8-12(11)15-13/h1-8,15H,14H2,(H,16,17);1-8,14H,(H,15,16). The Morgan fingerprint density at radius 3 is 1.94 bits per heavy atom. The van der Waals surface area contributed by atoms with E-state index in [4.69, 9.17) is 10.8 Å². The Balaban J connectivity index is 0.000000157. The summed E-state index contributed by atoms with van der Waals surface area (Å²) < 4.78 is 0. The minimum Gasteiger partial charge on any atom is -0.478 e. The molecule has 0 aliphatic carbocycles. The van der Waals surface area contributed by atoms with E-state index in [0.29, 0.717) is 22.6 Å². The van der Waals surface area contributed by atoms with Crippen molar-refractivity contribution < 1.29 is 14.7 Å². The number of para-hydroxylation sites is 6. The predicted molar refractivity (Wildman–Crippen MR) is 132 cm³/mol. The molecule has 6 N–H and O–H groups in total. The molecule has 4 aromatic rings. The van der Waals surface area contributed by atoms with Gasteiger partial charge in [-0.15, -0.1) is 0 Å². The molecule has 7 heteroatoms. The fourth-order valence-corrected chi connectivity index (χ4v) is 3.36. The quantitative estimate of drug-likeness (QED) is 0.262. The highest BCUT2D eigenvalue weighted by Gasteiger charge is 2.17. The number of carbonyl (C=O) groups is 2. The largest absolute Gasteiger partial charge is 0.478 e. The SMILES string of the molecule is Nc1ccccc1Nc1ccccc1C(=O)O.O=C1Nc2ccccc2Nc2ccccc21. The number of carboxylic acid groups (broad SMARTS) is 1. The first-order chi connectivity index (χ1) is 16.0. The molecule has 1 amide bonds. The van der Waals surface area contributed by atoms with Crippen molar-refractivity contribution in [2.45, 2.75) is 0 Å². The second kappa shape index (κ2) is 9.57. The number of anilines is 6. The Hall–Kier alpha value is -4.78. The van der Waals surface area contributed by atoms with Crippen molar-refractivity contribution in [3.05, 3.63) is 108 Å². The molecule has 7 nitrogen and oxygen atoms in total. The fraction of sp³-hybridized carbons (Fsp3) is 0. The monoisotopic (exact) mass is 438 g/mol. The molecule has 33 heavy (non-hydrogen) atoms. The van der Waals surface area contributed by atoms with Crippen molar-refractivity contribution in [1.82, 2.24) is 0 Å². The first-order valence-electron chi connectivity index (χ1n) is 10.2. The van der Waals surface area contributed by atoms with Gasteiger partial charge in [0.05, 0.1) is 45.3 Å². The smallest absolute Gasteiger partial charge is 0.337 e. The Morgan fingerprint density at radius 2 is 1.24 bits per heavy atom. The number of fused-ring (bicyclic) bond motifs is 2. The zero-order chi connectivity index (χ0) is 23.2. The average Bonchev–Trinajstić information content (AvgIpc) is 2.97. The maximum Gasteiger partial charge on any atom is 0.337 e. The van der Waals surface area contributed by atoms with E-state index in [9.17, 15) is 9.59 Å². The Labute approximate surface area is 190 Å². The number of aromatic carboxylic acids is 1. The summed E-state index contributed by atoms with van der Waals surface area (Å²) in [6.07, 6.45) is 0. The molecule has 1 heterocycles. The van der Waals surface area contributed by atoms with Crippen LogP contribution in [0.3, 0.4) is 0 Å². The molecule has 1 aliphatic rings. The van der Waals surface area contributed by atoms with Crippen LogP contribution in [0, 0.1) is 0 Å². The van der Waals surface area contributed by atoms with E-state index in [0.717, 1.165) is 17.1 Å². The molecular weight excluding hydrogens is 416 g/mol. The summed E-state index contributed by atoms with van der Waals surface area (Å²) >= 11 is 0. The molecule has 0 bridgehead atoms. The van der Waals surface area contributed by atoms with E-state index in [1.807, 2.05) is 60.7 Å². The number of hydrogen-bond acceptors (Lipinski definition) is 5. The third-order valence-electron chi connectivity index (χ3n) is 5.00. The van der Waals surface area contributed by atoms with Gasteiger partial charge in [0.15, 0.2) is 0 Å². The molecule has 4 aromatic carbocycles. The van der Waals surface area contributed by atoms with Crippen LogP contribution in [-0.2, 0) is 0 Å². The fourth-order valence-electron chi connectivity index (χ4n) is 3.36. The van der Waals surface area contributed by atoms with Gasteiger partial charge in [-0.1, -0.05) is 48.5 Å². The van der Waals surface area contributed by atoms with Crippen molar-refractivity contribution >= 4 is 46.0 Å². The summed E-state index contributed by atoms with van der Waals surface area (Å²) in [6, 6.07) is 29.1. The molecule has 0 atom stereocenters. The molecule has 5 rings (SSSR count). The van der Waals surface area contributed by atoms with Crippen molar-refractivity contribution in [3.63, 3.8) is 0 Å². The molecule has 0 spiro atoms. The van der Waals surface area contributed by atoms with Crippen LogP contribution >= 0.6 is 0 Å². The average molecular weight is 438 g/mol. The maximum absolute atomic E-state index is 11.9. The van der Waals surface area contributed by atoms with Crippen LogP contribution < -0.4 is 21.7 Å². The van der Waals surface area contributed by atoms with Crippen LogP contribution in [-0.4, -0.2) is 17.0 Å². The second-order valence-corrected chi connectivity index (χ2v) is 7.23. The van der Waals surface area contributed by atoms with Gasteiger partial charge in [0.25, 0.3) is 5.91 Å². The van der Waals surface area contributed by atoms with Gasteiger partial charge in [-0.3, -0.25) is 4.79 Å². The number of carboxylic acids is 1. The normalized spacial score (nSPS) is 11.3. The van der Waals surface area contributed by atoms with Crippen LogP contribution in [0.25, 0.3) is 0 Å². The van der Waals surface area contributed by atoms with Crippen molar-refractivity contribution in [2.75, 3.05) is 21.7 Å². The zero-order valence-electron chi connectivity index (χ0n) is 17.6. The lowest BCUT2D eigenvalue weighted by atomic mass is 10.1. The van der Waals surface area contributed by atoms with E-state index in [-0.39, 0.29) is 11.5 Å². The highest BCUT2D eigenvalue weighted by Crippen LogP contribution is 2.31. The molecule has 0 fully saturated rings. The van der Waals surface area contributed by atoms with Gasteiger partial charge in [-0.25, -0.2) is 4.79 Å². The van der Waals surface area contributed by atoms with Crippen LogP contribution in [0.15, 0.2) is 97.1 Å². The summed E-state index contributed by atoms with van der Waals surface area (Å²) in [5.41, 5.74) is 11.0. The zero-order valence-corrected chi connectivity index (χ0v) is 17.6. The topological polar surface area (TPSA) is 116 Å². The number of nitrogens with one attached hydrogen (secondary N) is 3. The summed E-state index contributed by atoms with van der Waals surface area (Å²) in [6.45, 7) is 0. The summed E-state index contributed by atoms with van der Waals surface area (Å²) in [5.74, 6) is -1.05. The number of carbonyl (C=O) groups excluding carboxylic acids is 1. The lowest BCUT2D eigenvalue weighted by Gasteiger charge is -2.11. The summed E-state index contributed by atoms with van der Waals surface area (Å²) in [7, 11) is 0. The van der Waals surface area contributed by atoms with Crippen LogP contribution in [0.5, 0.6) is 0 Å². The third-order valence-corrected chi connectivity index (χ3v) is 5.00.